The minimum absolute atomic E-state index is 0.269. The lowest BCUT2D eigenvalue weighted by atomic mass is 10.1. The van der Waals surface area contributed by atoms with Gasteiger partial charge in [0.25, 0.3) is 0 Å². The van der Waals surface area contributed by atoms with Crippen LogP contribution in [-0.2, 0) is 9.22 Å². The molecule has 0 heterocycles. The van der Waals surface area contributed by atoms with Gasteiger partial charge in [0.05, 0.1) is 6.61 Å². The molecule has 0 N–H and O–H groups in total. The maximum atomic E-state index is 10.3. The molecule has 0 bridgehead atoms. The van der Waals surface area contributed by atoms with Crippen LogP contribution in [0.15, 0.2) is 12.2 Å². The van der Waals surface area contributed by atoms with Crippen LogP contribution < -0.4 is 0 Å². The first kappa shape index (κ1) is 16.6. The van der Waals surface area contributed by atoms with Crippen molar-refractivity contribution in [2.24, 2.45) is 5.92 Å². The molecule has 0 radical (unpaired) electrons. The van der Waals surface area contributed by atoms with Crippen LogP contribution in [0.2, 0.25) is 18.1 Å². The summed E-state index contributed by atoms with van der Waals surface area (Å²) in [6.45, 7) is 14.0. The second-order valence-electron chi connectivity index (χ2n) is 6.29. The quantitative estimate of drug-likeness (QED) is 0.388. The lowest BCUT2D eigenvalue weighted by molar-refractivity contribution is -0.108. The summed E-state index contributed by atoms with van der Waals surface area (Å²) < 4.78 is 6.02. The van der Waals surface area contributed by atoms with Gasteiger partial charge in [0.2, 0.25) is 0 Å². The van der Waals surface area contributed by atoms with Gasteiger partial charge in [-0.2, -0.15) is 0 Å². The van der Waals surface area contributed by atoms with Gasteiger partial charge >= 0.3 is 0 Å². The molecule has 0 aliphatic rings. The molecule has 0 aromatic heterocycles. The Morgan fingerprint density at radius 1 is 1.18 bits per heavy atom. The minimum atomic E-state index is -1.60. The van der Waals surface area contributed by atoms with Crippen molar-refractivity contribution in [3.63, 3.8) is 0 Å². The fourth-order valence-electron chi connectivity index (χ4n) is 1.13. The molecule has 0 unspecified atom stereocenters. The summed E-state index contributed by atoms with van der Waals surface area (Å²) >= 11 is 0. The van der Waals surface area contributed by atoms with Crippen molar-refractivity contribution in [3.05, 3.63) is 12.2 Å². The van der Waals surface area contributed by atoms with E-state index in [0.29, 0.717) is 18.9 Å². The number of carbonyl (C=O) groups excluding carboxylic acids is 1. The fourth-order valence-corrected chi connectivity index (χ4v) is 2.08. The van der Waals surface area contributed by atoms with E-state index in [1.54, 1.807) is 0 Å². The van der Waals surface area contributed by atoms with Crippen molar-refractivity contribution in [1.82, 2.24) is 0 Å². The highest BCUT2D eigenvalue weighted by atomic mass is 28.4. The Labute approximate surface area is 108 Å². The predicted octanol–water partition coefficient (Wildman–Crippen LogP) is 4.18. The van der Waals surface area contributed by atoms with Crippen molar-refractivity contribution in [2.75, 3.05) is 6.61 Å². The zero-order chi connectivity index (χ0) is 13.5. The Balaban J connectivity index is 3.91. The topological polar surface area (TPSA) is 26.3 Å². The molecule has 0 aromatic rings. The third-order valence-electron chi connectivity index (χ3n) is 3.55. The van der Waals surface area contributed by atoms with Gasteiger partial charge in [0.15, 0.2) is 8.32 Å². The highest BCUT2D eigenvalue weighted by Crippen LogP contribution is 2.36. The van der Waals surface area contributed by atoms with E-state index in [0.717, 1.165) is 12.7 Å². The molecule has 0 amide bonds. The molecule has 0 saturated heterocycles. The van der Waals surface area contributed by atoms with E-state index in [2.05, 4.69) is 52.9 Å². The Morgan fingerprint density at radius 2 is 1.76 bits per heavy atom. The van der Waals surface area contributed by atoms with Gasteiger partial charge in [0.1, 0.15) is 6.29 Å². The molecule has 3 heteroatoms. The average molecular weight is 256 g/mol. The zero-order valence-corrected chi connectivity index (χ0v) is 13.2. The van der Waals surface area contributed by atoms with Crippen LogP contribution >= 0.6 is 0 Å². The van der Waals surface area contributed by atoms with Crippen LogP contribution in [0, 0.1) is 5.92 Å². The minimum Gasteiger partial charge on any atom is -0.413 e. The van der Waals surface area contributed by atoms with Crippen molar-refractivity contribution in [3.8, 4) is 0 Å². The van der Waals surface area contributed by atoms with Gasteiger partial charge in [-0.15, -0.1) is 0 Å². The van der Waals surface area contributed by atoms with Gasteiger partial charge in [0, 0.05) is 6.42 Å². The number of rotatable bonds is 7. The Hall–Kier alpha value is -0.413. The molecule has 2 nitrogen and oxygen atoms in total. The number of carbonyl (C=O) groups is 1. The summed E-state index contributed by atoms with van der Waals surface area (Å²) in [5.74, 6) is 0.441. The van der Waals surface area contributed by atoms with Crippen molar-refractivity contribution in [1.29, 1.82) is 0 Å². The molecule has 0 saturated carbocycles. The van der Waals surface area contributed by atoms with E-state index < -0.39 is 8.32 Å². The predicted molar refractivity (Wildman–Crippen MR) is 76.8 cm³/mol. The van der Waals surface area contributed by atoms with Gasteiger partial charge in [-0.05, 0) is 30.5 Å². The summed E-state index contributed by atoms with van der Waals surface area (Å²) in [6.07, 6.45) is 6.81. The first-order valence-corrected chi connectivity index (χ1v) is 9.34. The summed E-state index contributed by atoms with van der Waals surface area (Å²) in [6, 6.07) is 0. The number of allylic oxidation sites excluding steroid dienone is 1. The Kier molecular flexibility index (Phi) is 6.94. The molecule has 0 fully saturated rings. The van der Waals surface area contributed by atoms with E-state index in [-0.39, 0.29) is 5.04 Å². The van der Waals surface area contributed by atoms with E-state index in [1.165, 1.54) is 0 Å². The zero-order valence-electron chi connectivity index (χ0n) is 12.2. The number of hydrogen-bond acceptors (Lipinski definition) is 2. The molecule has 17 heavy (non-hydrogen) atoms. The first-order valence-electron chi connectivity index (χ1n) is 6.43. The van der Waals surface area contributed by atoms with Crippen molar-refractivity contribution in [2.45, 2.75) is 58.7 Å². The van der Waals surface area contributed by atoms with Crippen molar-refractivity contribution >= 4 is 14.6 Å². The van der Waals surface area contributed by atoms with E-state index in [4.69, 9.17) is 4.43 Å². The number of aldehydes is 1. The smallest absolute Gasteiger partial charge is 0.192 e. The van der Waals surface area contributed by atoms with Crippen LogP contribution in [0.1, 0.15) is 40.5 Å². The van der Waals surface area contributed by atoms with Crippen LogP contribution in [0.4, 0.5) is 0 Å². The molecule has 0 rings (SSSR count). The second kappa shape index (κ2) is 7.12. The number of hydrogen-bond donors (Lipinski definition) is 0. The van der Waals surface area contributed by atoms with Crippen LogP contribution in [0.5, 0.6) is 0 Å². The molecule has 0 spiro atoms. The van der Waals surface area contributed by atoms with E-state index >= 15 is 0 Å². The third kappa shape index (κ3) is 6.79. The van der Waals surface area contributed by atoms with Gasteiger partial charge in [-0.3, -0.25) is 0 Å². The lowest BCUT2D eigenvalue weighted by Gasteiger charge is -2.35. The normalized spacial score (nSPS) is 15.2. The lowest BCUT2D eigenvalue weighted by Crippen LogP contribution is -2.40. The fraction of sp³-hybridized carbons (Fsp3) is 0.786. The van der Waals surface area contributed by atoms with E-state index in [1.807, 2.05) is 0 Å². The van der Waals surface area contributed by atoms with Gasteiger partial charge in [-0.1, -0.05) is 39.8 Å². The van der Waals surface area contributed by atoms with Crippen molar-refractivity contribution < 1.29 is 9.22 Å². The SMILES string of the molecule is C[C@H](CC=O)C/C=C/CO[Si](C)(C)C(C)(C)C. The molecule has 0 aromatic carbocycles. The highest BCUT2D eigenvalue weighted by Gasteiger charge is 2.36. The summed E-state index contributed by atoms with van der Waals surface area (Å²) in [5, 5.41) is 0.269. The Bertz CT molecular complexity index is 251. The molecule has 1 atom stereocenters. The summed E-state index contributed by atoms with van der Waals surface area (Å²) in [5.41, 5.74) is 0. The van der Waals surface area contributed by atoms with E-state index in [9.17, 15) is 4.79 Å². The standard InChI is InChI=1S/C14H28O2Si/c1-13(10-11-15)9-7-8-12-16-17(5,6)14(2,3)4/h7-8,11,13H,9-10,12H2,1-6H3/b8-7+/t13-/m0/s1. The monoisotopic (exact) mass is 256 g/mol. The third-order valence-corrected chi connectivity index (χ3v) is 8.05. The first-order chi connectivity index (χ1) is 7.70. The van der Waals surface area contributed by atoms with Gasteiger partial charge in [-0.25, -0.2) is 0 Å². The molecule has 100 valence electrons. The molecular formula is C14H28O2Si. The molecular weight excluding hydrogens is 228 g/mol. The second-order valence-corrected chi connectivity index (χ2v) is 11.1. The van der Waals surface area contributed by atoms with Gasteiger partial charge < -0.3 is 9.22 Å². The van der Waals surface area contributed by atoms with Crippen LogP contribution in [0.3, 0.4) is 0 Å². The Morgan fingerprint density at radius 3 is 2.24 bits per heavy atom. The van der Waals surface area contributed by atoms with Crippen LogP contribution in [0.25, 0.3) is 0 Å². The summed E-state index contributed by atoms with van der Waals surface area (Å²) in [7, 11) is -1.60. The maximum Gasteiger partial charge on any atom is 0.192 e. The average Bonchev–Trinajstić information content (AvgIpc) is 2.15. The molecule has 0 aliphatic heterocycles. The maximum absolute atomic E-state index is 10.3. The van der Waals surface area contributed by atoms with Crippen LogP contribution in [-0.4, -0.2) is 21.2 Å². The summed E-state index contributed by atoms with van der Waals surface area (Å²) in [4.78, 5) is 10.3. The highest BCUT2D eigenvalue weighted by molar-refractivity contribution is 6.74. The largest absolute Gasteiger partial charge is 0.413 e. The molecule has 0 aliphatic carbocycles.